The van der Waals surface area contributed by atoms with Gasteiger partial charge in [0, 0.05) is 0 Å². The quantitative estimate of drug-likeness (QED) is 0.671. The van der Waals surface area contributed by atoms with Gasteiger partial charge in [-0.05, 0) is 37.5 Å². The van der Waals surface area contributed by atoms with Crippen LogP contribution in [0.5, 0.6) is 0 Å². The molecular weight excluding hydrogens is 180 g/mol. The highest BCUT2D eigenvalue weighted by molar-refractivity contribution is 5.68. The molecule has 0 saturated heterocycles. The van der Waals surface area contributed by atoms with E-state index < -0.39 is 11.6 Å². The largest absolute Gasteiger partial charge is 0.481 e. The van der Waals surface area contributed by atoms with Crippen molar-refractivity contribution in [2.45, 2.75) is 31.8 Å². The highest BCUT2D eigenvalue weighted by Gasteiger charge is 2.46. The Morgan fingerprint density at radius 2 is 2.21 bits per heavy atom. The zero-order valence-corrected chi connectivity index (χ0v) is 8.31. The molecule has 0 aromatic heterocycles. The van der Waals surface area contributed by atoms with E-state index in [1.54, 1.807) is 6.92 Å². The lowest BCUT2D eigenvalue weighted by Crippen LogP contribution is -2.39. The van der Waals surface area contributed by atoms with Crippen molar-refractivity contribution in [1.29, 1.82) is 0 Å². The summed E-state index contributed by atoms with van der Waals surface area (Å²) in [7, 11) is 0. The lowest BCUT2D eigenvalue weighted by Gasteiger charge is -2.33. The van der Waals surface area contributed by atoms with Crippen LogP contribution < -0.4 is 0 Å². The molecule has 0 aromatic rings. The number of carboxylic acid groups (broad SMARTS) is 1. The van der Waals surface area contributed by atoms with Crippen molar-refractivity contribution in [2.75, 3.05) is 0 Å². The third-order valence-electron chi connectivity index (χ3n) is 3.59. The van der Waals surface area contributed by atoms with Gasteiger partial charge in [-0.15, -0.1) is 0 Å². The Hall–Kier alpha value is -0.830. The van der Waals surface area contributed by atoms with E-state index in [4.69, 9.17) is 5.11 Å². The summed E-state index contributed by atoms with van der Waals surface area (Å²) in [4.78, 5) is 10.6. The van der Waals surface area contributed by atoms with Crippen molar-refractivity contribution in [3.8, 4) is 0 Å². The number of allylic oxidation sites excluding steroid dienone is 2. The average molecular weight is 196 g/mol. The van der Waals surface area contributed by atoms with Crippen LogP contribution in [0.4, 0.5) is 0 Å². The summed E-state index contributed by atoms with van der Waals surface area (Å²) in [5, 5.41) is 18.8. The summed E-state index contributed by atoms with van der Waals surface area (Å²) in [6, 6.07) is 0. The van der Waals surface area contributed by atoms with Crippen molar-refractivity contribution in [2.24, 2.45) is 17.8 Å². The van der Waals surface area contributed by atoms with Gasteiger partial charge in [0.1, 0.15) is 0 Å². The molecule has 4 unspecified atom stereocenters. The Morgan fingerprint density at radius 1 is 1.50 bits per heavy atom. The van der Waals surface area contributed by atoms with Gasteiger partial charge < -0.3 is 10.2 Å². The first-order valence-electron chi connectivity index (χ1n) is 5.11. The van der Waals surface area contributed by atoms with E-state index in [9.17, 15) is 9.90 Å². The molecule has 14 heavy (non-hydrogen) atoms. The zero-order chi connectivity index (χ0) is 10.3. The molecule has 1 fully saturated rings. The summed E-state index contributed by atoms with van der Waals surface area (Å²) in [6.07, 6.45) is 6.23. The maximum absolute atomic E-state index is 10.6. The third-order valence-corrected chi connectivity index (χ3v) is 3.59. The van der Waals surface area contributed by atoms with Gasteiger partial charge in [0.15, 0.2) is 0 Å². The monoisotopic (exact) mass is 196 g/mol. The molecular formula is C11H16O3. The molecule has 3 heteroatoms. The van der Waals surface area contributed by atoms with Crippen LogP contribution in [0.2, 0.25) is 0 Å². The van der Waals surface area contributed by atoms with Crippen LogP contribution >= 0.6 is 0 Å². The number of carboxylic acids is 1. The van der Waals surface area contributed by atoms with Gasteiger partial charge in [-0.3, -0.25) is 4.79 Å². The van der Waals surface area contributed by atoms with E-state index in [0.717, 1.165) is 12.8 Å². The molecule has 0 aliphatic heterocycles. The van der Waals surface area contributed by atoms with Crippen molar-refractivity contribution in [1.82, 2.24) is 0 Å². The molecule has 2 N–H and O–H groups in total. The number of rotatable bonds is 3. The van der Waals surface area contributed by atoms with Gasteiger partial charge >= 0.3 is 5.97 Å². The van der Waals surface area contributed by atoms with Crippen LogP contribution in [-0.2, 0) is 4.79 Å². The fraction of sp³-hybridized carbons (Fsp3) is 0.727. The maximum atomic E-state index is 10.6. The second-order valence-corrected chi connectivity index (χ2v) is 4.81. The lowest BCUT2D eigenvalue weighted by molar-refractivity contribution is -0.144. The molecule has 2 aliphatic carbocycles. The Labute approximate surface area is 83.4 Å². The van der Waals surface area contributed by atoms with E-state index in [1.165, 1.54) is 0 Å². The number of aliphatic carboxylic acids is 1. The summed E-state index contributed by atoms with van der Waals surface area (Å²) in [5.41, 5.74) is -1.05. The Morgan fingerprint density at radius 3 is 2.64 bits per heavy atom. The minimum Gasteiger partial charge on any atom is -0.481 e. The van der Waals surface area contributed by atoms with Gasteiger partial charge in [0.2, 0.25) is 0 Å². The lowest BCUT2D eigenvalue weighted by atomic mass is 9.78. The summed E-state index contributed by atoms with van der Waals surface area (Å²) < 4.78 is 0. The summed E-state index contributed by atoms with van der Waals surface area (Å²) in [5.74, 6) is 0.190. The number of aliphatic hydroxyl groups is 1. The molecule has 2 bridgehead atoms. The number of carbonyl (C=O) groups is 1. The fourth-order valence-electron chi connectivity index (χ4n) is 2.93. The second-order valence-electron chi connectivity index (χ2n) is 4.81. The number of hydrogen-bond acceptors (Lipinski definition) is 2. The van der Waals surface area contributed by atoms with Gasteiger partial charge in [0.05, 0.1) is 12.0 Å². The van der Waals surface area contributed by atoms with Crippen LogP contribution in [0.25, 0.3) is 0 Å². The number of hydrogen-bond donors (Lipinski definition) is 2. The maximum Gasteiger partial charge on any atom is 0.306 e. The molecule has 2 rings (SSSR count). The third kappa shape index (κ3) is 1.57. The topological polar surface area (TPSA) is 57.5 Å². The SMILES string of the molecule is CC(O)(CC(=O)O)C1CC2C=CC1C2. The minimum atomic E-state index is -1.05. The van der Waals surface area contributed by atoms with Gasteiger partial charge in [0.25, 0.3) is 0 Å². The standard InChI is InChI=1S/C11H16O3/c1-11(14,6-10(12)13)9-5-7-2-3-8(9)4-7/h2-3,7-9,14H,4-6H2,1H3,(H,12,13). The van der Waals surface area contributed by atoms with Gasteiger partial charge in [-0.2, -0.15) is 0 Å². The fourth-order valence-corrected chi connectivity index (χ4v) is 2.93. The molecule has 0 aromatic carbocycles. The van der Waals surface area contributed by atoms with Crippen LogP contribution in [-0.4, -0.2) is 21.8 Å². The predicted octanol–water partition coefficient (Wildman–Crippen LogP) is 1.42. The van der Waals surface area contributed by atoms with E-state index in [2.05, 4.69) is 12.2 Å². The van der Waals surface area contributed by atoms with E-state index in [0.29, 0.717) is 11.8 Å². The van der Waals surface area contributed by atoms with Crippen LogP contribution in [0, 0.1) is 17.8 Å². The predicted molar refractivity (Wildman–Crippen MR) is 51.7 cm³/mol. The first-order valence-corrected chi connectivity index (χ1v) is 5.11. The Bertz CT molecular complexity index is 280. The van der Waals surface area contributed by atoms with Crippen molar-refractivity contribution in [3.63, 3.8) is 0 Å². The normalized spacial score (nSPS) is 38.6. The highest BCUT2D eigenvalue weighted by atomic mass is 16.4. The molecule has 0 spiro atoms. The van der Waals surface area contributed by atoms with Crippen molar-refractivity contribution >= 4 is 5.97 Å². The smallest absolute Gasteiger partial charge is 0.306 e. The van der Waals surface area contributed by atoms with Gasteiger partial charge in [-0.25, -0.2) is 0 Å². The molecule has 3 nitrogen and oxygen atoms in total. The van der Waals surface area contributed by atoms with Gasteiger partial charge in [-0.1, -0.05) is 12.2 Å². The van der Waals surface area contributed by atoms with Crippen molar-refractivity contribution in [3.05, 3.63) is 12.2 Å². The molecule has 2 aliphatic rings. The minimum absolute atomic E-state index is 0.133. The van der Waals surface area contributed by atoms with E-state index in [-0.39, 0.29) is 12.3 Å². The Balaban J connectivity index is 2.08. The first kappa shape index (κ1) is 9.71. The number of fused-ring (bicyclic) bond motifs is 2. The molecule has 4 atom stereocenters. The van der Waals surface area contributed by atoms with Crippen LogP contribution in [0.15, 0.2) is 12.2 Å². The Kier molecular flexibility index (Phi) is 2.14. The first-order chi connectivity index (χ1) is 6.49. The molecule has 1 saturated carbocycles. The van der Waals surface area contributed by atoms with E-state index in [1.807, 2.05) is 0 Å². The zero-order valence-electron chi connectivity index (χ0n) is 8.31. The molecule has 0 amide bonds. The van der Waals surface area contributed by atoms with Crippen molar-refractivity contribution < 1.29 is 15.0 Å². The van der Waals surface area contributed by atoms with E-state index >= 15 is 0 Å². The summed E-state index contributed by atoms with van der Waals surface area (Å²) in [6.45, 7) is 1.65. The highest BCUT2D eigenvalue weighted by Crippen LogP contribution is 2.48. The molecule has 78 valence electrons. The van der Waals surface area contributed by atoms with Crippen LogP contribution in [0.1, 0.15) is 26.2 Å². The van der Waals surface area contributed by atoms with Crippen LogP contribution in [0.3, 0.4) is 0 Å². The summed E-state index contributed by atoms with van der Waals surface area (Å²) >= 11 is 0. The molecule has 0 heterocycles. The second kappa shape index (κ2) is 3.09. The average Bonchev–Trinajstić information content (AvgIpc) is 2.60. The molecule has 0 radical (unpaired) electrons.